The van der Waals surface area contributed by atoms with Gasteiger partial charge in [-0.25, -0.2) is 4.39 Å². The topological polar surface area (TPSA) is 48.8 Å². The van der Waals surface area contributed by atoms with Gasteiger partial charge in [0.05, 0.1) is 0 Å². The van der Waals surface area contributed by atoms with E-state index in [2.05, 4.69) is 10.0 Å². The summed E-state index contributed by atoms with van der Waals surface area (Å²) in [6, 6.07) is 12.1. The highest BCUT2D eigenvalue weighted by molar-refractivity contribution is 5.67. The summed E-state index contributed by atoms with van der Waals surface area (Å²) in [4.78, 5) is 2.72. The summed E-state index contributed by atoms with van der Waals surface area (Å²) >= 11 is 0. The first kappa shape index (κ1) is 11.2. The SMILES string of the molecule is Cc1ccc(-c2cccc(N=[N+]=[N-])c2)cc1F. The Bertz CT molecular complexity index is 601. The van der Waals surface area contributed by atoms with E-state index in [4.69, 9.17) is 5.53 Å². The van der Waals surface area contributed by atoms with Crippen LogP contribution in [-0.2, 0) is 0 Å². The Morgan fingerprint density at radius 1 is 1.12 bits per heavy atom. The molecule has 0 unspecified atom stereocenters. The zero-order valence-corrected chi connectivity index (χ0v) is 9.26. The van der Waals surface area contributed by atoms with Gasteiger partial charge in [0.15, 0.2) is 0 Å². The number of hydrogen-bond donors (Lipinski definition) is 0. The number of nitrogens with zero attached hydrogens (tertiary/aromatic N) is 3. The maximum atomic E-state index is 13.4. The Labute approximate surface area is 98.2 Å². The predicted molar refractivity (Wildman–Crippen MR) is 65.4 cm³/mol. The van der Waals surface area contributed by atoms with E-state index in [1.165, 1.54) is 6.07 Å². The van der Waals surface area contributed by atoms with Crippen LogP contribution in [-0.4, -0.2) is 0 Å². The summed E-state index contributed by atoms with van der Waals surface area (Å²) in [5.41, 5.74) is 11.1. The number of azide groups is 1. The van der Waals surface area contributed by atoms with Crippen molar-refractivity contribution in [2.75, 3.05) is 0 Å². The quantitative estimate of drug-likeness (QED) is 0.404. The fourth-order valence-electron chi connectivity index (χ4n) is 1.57. The highest BCUT2D eigenvalue weighted by Gasteiger charge is 2.02. The molecule has 0 bridgehead atoms. The molecule has 0 atom stereocenters. The fraction of sp³-hybridized carbons (Fsp3) is 0.0769. The number of rotatable bonds is 2. The van der Waals surface area contributed by atoms with Gasteiger partial charge in [0, 0.05) is 10.6 Å². The van der Waals surface area contributed by atoms with Crippen molar-refractivity contribution >= 4 is 5.69 Å². The molecule has 0 fully saturated rings. The van der Waals surface area contributed by atoms with Gasteiger partial charge >= 0.3 is 0 Å². The molecule has 0 amide bonds. The average molecular weight is 227 g/mol. The normalized spacial score (nSPS) is 9.76. The van der Waals surface area contributed by atoms with Crippen LogP contribution in [0.3, 0.4) is 0 Å². The highest BCUT2D eigenvalue weighted by atomic mass is 19.1. The van der Waals surface area contributed by atoms with Crippen LogP contribution >= 0.6 is 0 Å². The third kappa shape index (κ3) is 2.44. The minimum atomic E-state index is -0.239. The molecule has 2 aromatic carbocycles. The zero-order valence-electron chi connectivity index (χ0n) is 9.26. The molecule has 0 aromatic heterocycles. The van der Waals surface area contributed by atoms with Gasteiger partial charge in [-0.3, -0.25) is 0 Å². The molecular weight excluding hydrogens is 217 g/mol. The fourth-order valence-corrected chi connectivity index (χ4v) is 1.57. The molecule has 0 radical (unpaired) electrons. The second-order valence-electron chi connectivity index (χ2n) is 3.70. The van der Waals surface area contributed by atoms with Gasteiger partial charge in [-0.1, -0.05) is 35.4 Å². The standard InChI is InChI=1S/C13H10FN3/c1-9-5-6-11(8-13(9)14)10-3-2-4-12(7-10)16-17-15/h2-8H,1H3. The average Bonchev–Trinajstić information content (AvgIpc) is 2.33. The van der Waals surface area contributed by atoms with Gasteiger partial charge in [-0.2, -0.15) is 0 Å². The van der Waals surface area contributed by atoms with Crippen molar-refractivity contribution < 1.29 is 4.39 Å². The minimum Gasteiger partial charge on any atom is -0.207 e. The van der Waals surface area contributed by atoms with E-state index in [0.717, 1.165) is 11.1 Å². The van der Waals surface area contributed by atoms with Gasteiger partial charge in [-0.05, 0) is 41.3 Å². The van der Waals surface area contributed by atoms with Crippen LogP contribution in [0.2, 0.25) is 0 Å². The van der Waals surface area contributed by atoms with Crippen LogP contribution in [0.1, 0.15) is 5.56 Å². The first-order valence-electron chi connectivity index (χ1n) is 5.12. The predicted octanol–water partition coefficient (Wildman–Crippen LogP) is 4.74. The number of aryl methyl sites for hydroxylation is 1. The van der Waals surface area contributed by atoms with Crippen molar-refractivity contribution in [1.82, 2.24) is 0 Å². The Kier molecular flexibility index (Phi) is 3.08. The van der Waals surface area contributed by atoms with Crippen LogP contribution in [0.4, 0.5) is 10.1 Å². The molecule has 0 saturated heterocycles. The lowest BCUT2D eigenvalue weighted by Gasteiger charge is -2.04. The van der Waals surface area contributed by atoms with Crippen LogP contribution in [0.5, 0.6) is 0 Å². The van der Waals surface area contributed by atoms with E-state index in [9.17, 15) is 4.39 Å². The largest absolute Gasteiger partial charge is 0.207 e. The summed E-state index contributed by atoms with van der Waals surface area (Å²) in [6.45, 7) is 1.72. The lowest BCUT2D eigenvalue weighted by Crippen LogP contribution is -1.84. The molecule has 4 heteroatoms. The minimum absolute atomic E-state index is 0.239. The Morgan fingerprint density at radius 2 is 1.88 bits per heavy atom. The van der Waals surface area contributed by atoms with Crippen molar-refractivity contribution in [1.29, 1.82) is 0 Å². The van der Waals surface area contributed by atoms with Gasteiger partial charge in [0.2, 0.25) is 0 Å². The molecule has 0 saturated carbocycles. The molecule has 0 N–H and O–H groups in total. The van der Waals surface area contributed by atoms with Crippen LogP contribution in [0.15, 0.2) is 47.6 Å². The zero-order chi connectivity index (χ0) is 12.3. The molecule has 0 heterocycles. The summed E-state index contributed by atoms with van der Waals surface area (Å²) in [5.74, 6) is -0.239. The molecule has 0 aliphatic carbocycles. The van der Waals surface area contributed by atoms with Crippen molar-refractivity contribution in [3.8, 4) is 11.1 Å². The first-order chi connectivity index (χ1) is 8.20. The third-order valence-corrected chi connectivity index (χ3v) is 2.51. The Hall–Kier alpha value is -2.32. The van der Waals surface area contributed by atoms with Crippen molar-refractivity contribution in [2.45, 2.75) is 6.92 Å². The molecule has 0 aliphatic heterocycles. The summed E-state index contributed by atoms with van der Waals surface area (Å²) in [5, 5.41) is 3.52. The summed E-state index contributed by atoms with van der Waals surface area (Å²) < 4.78 is 13.4. The van der Waals surface area contributed by atoms with E-state index in [0.29, 0.717) is 11.3 Å². The molecule has 2 aromatic rings. The van der Waals surface area contributed by atoms with Gasteiger partial charge < -0.3 is 0 Å². The number of benzene rings is 2. The van der Waals surface area contributed by atoms with Crippen LogP contribution in [0, 0.1) is 12.7 Å². The van der Waals surface area contributed by atoms with E-state index < -0.39 is 0 Å². The molecule has 84 valence electrons. The summed E-state index contributed by atoms with van der Waals surface area (Å²) in [6.07, 6.45) is 0. The lowest BCUT2D eigenvalue weighted by molar-refractivity contribution is 0.619. The second kappa shape index (κ2) is 4.68. The molecule has 0 aliphatic rings. The number of hydrogen-bond acceptors (Lipinski definition) is 1. The maximum absolute atomic E-state index is 13.4. The van der Waals surface area contributed by atoms with Gasteiger partial charge in [0.25, 0.3) is 0 Å². The molecule has 3 nitrogen and oxygen atoms in total. The molecule has 17 heavy (non-hydrogen) atoms. The van der Waals surface area contributed by atoms with Gasteiger partial charge in [-0.15, -0.1) is 0 Å². The van der Waals surface area contributed by atoms with Crippen molar-refractivity contribution in [3.63, 3.8) is 0 Å². The number of halogens is 1. The van der Waals surface area contributed by atoms with Crippen LogP contribution < -0.4 is 0 Å². The second-order valence-corrected chi connectivity index (χ2v) is 3.70. The molecule has 2 rings (SSSR count). The monoisotopic (exact) mass is 227 g/mol. The van der Waals surface area contributed by atoms with Gasteiger partial charge in [0.1, 0.15) is 5.82 Å². The van der Waals surface area contributed by atoms with Crippen LogP contribution in [0.25, 0.3) is 21.6 Å². The van der Waals surface area contributed by atoms with E-state index in [-0.39, 0.29) is 5.82 Å². The van der Waals surface area contributed by atoms with E-state index in [1.54, 1.807) is 31.2 Å². The Balaban J connectivity index is 2.48. The highest BCUT2D eigenvalue weighted by Crippen LogP contribution is 2.25. The van der Waals surface area contributed by atoms with Crippen molar-refractivity contribution in [3.05, 3.63) is 64.3 Å². The van der Waals surface area contributed by atoms with E-state index in [1.807, 2.05) is 12.1 Å². The van der Waals surface area contributed by atoms with E-state index >= 15 is 0 Å². The smallest absolute Gasteiger partial charge is 0.126 e. The lowest BCUT2D eigenvalue weighted by atomic mass is 10.0. The Morgan fingerprint density at radius 3 is 2.59 bits per heavy atom. The summed E-state index contributed by atoms with van der Waals surface area (Å²) in [7, 11) is 0. The van der Waals surface area contributed by atoms with Crippen molar-refractivity contribution in [2.24, 2.45) is 5.11 Å². The third-order valence-electron chi connectivity index (χ3n) is 2.51. The molecular formula is C13H10FN3. The maximum Gasteiger partial charge on any atom is 0.126 e. The first-order valence-corrected chi connectivity index (χ1v) is 5.12. The molecule has 0 spiro atoms.